The first-order valence-electron chi connectivity index (χ1n) is 4.47. The van der Waals surface area contributed by atoms with Crippen LogP contribution in [0.3, 0.4) is 0 Å². The predicted octanol–water partition coefficient (Wildman–Crippen LogP) is 1.07. The summed E-state index contributed by atoms with van der Waals surface area (Å²) in [6.45, 7) is 2.85. The summed E-state index contributed by atoms with van der Waals surface area (Å²) in [5.41, 5.74) is 6.08. The summed E-state index contributed by atoms with van der Waals surface area (Å²) in [6, 6.07) is 0. The number of nitrogen functional groups attached to an aromatic ring is 1. The molecular formula is C8H13ClN4OS. The van der Waals surface area contributed by atoms with Crippen LogP contribution in [0.25, 0.3) is 0 Å². The van der Waals surface area contributed by atoms with Gasteiger partial charge in [-0.05, 0) is 18.3 Å². The van der Waals surface area contributed by atoms with Crippen molar-refractivity contribution >= 4 is 34.8 Å². The molecule has 1 amide bonds. The van der Waals surface area contributed by atoms with E-state index in [-0.39, 0.29) is 24.0 Å². The molecule has 0 aliphatic heterocycles. The Morgan fingerprint density at radius 3 is 2.80 bits per heavy atom. The molecule has 1 aliphatic rings. The van der Waals surface area contributed by atoms with Gasteiger partial charge >= 0.3 is 0 Å². The van der Waals surface area contributed by atoms with Gasteiger partial charge in [0.15, 0.2) is 5.69 Å². The number of nitrogens with one attached hydrogen (secondary N) is 1. The molecule has 0 radical (unpaired) electrons. The van der Waals surface area contributed by atoms with E-state index in [0.29, 0.717) is 17.0 Å². The van der Waals surface area contributed by atoms with Crippen molar-refractivity contribution in [2.75, 3.05) is 12.3 Å². The molecule has 1 aromatic rings. The van der Waals surface area contributed by atoms with Gasteiger partial charge in [0.25, 0.3) is 5.91 Å². The molecule has 3 N–H and O–H groups in total. The number of carbonyl (C=O) groups is 1. The van der Waals surface area contributed by atoms with Gasteiger partial charge in [-0.2, -0.15) is 0 Å². The second-order valence-electron chi connectivity index (χ2n) is 3.98. The Labute approximate surface area is 98.0 Å². The molecule has 2 rings (SSSR count). The summed E-state index contributed by atoms with van der Waals surface area (Å²) in [5, 5.41) is 6.86. The SMILES string of the molecule is CC1(CNC(=O)c2nnsc2N)CC1.Cl. The maximum Gasteiger partial charge on any atom is 0.274 e. The fourth-order valence-corrected chi connectivity index (χ4v) is 1.55. The van der Waals surface area contributed by atoms with Crippen LogP contribution in [0.1, 0.15) is 30.3 Å². The Kier molecular flexibility index (Phi) is 3.51. The number of anilines is 1. The van der Waals surface area contributed by atoms with Crippen molar-refractivity contribution in [3.63, 3.8) is 0 Å². The summed E-state index contributed by atoms with van der Waals surface area (Å²) < 4.78 is 3.61. The van der Waals surface area contributed by atoms with Gasteiger partial charge in [-0.1, -0.05) is 11.4 Å². The van der Waals surface area contributed by atoms with Gasteiger partial charge in [0.05, 0.1) is 0 Å². The maximum absolute atomic E-state index is 11.5. The average Bonchev–Trinajstić information content (AvgIpc) is 2.72. The van der Waals surface area contributed by atoms with Crippen LogP contribution >= 0.6 is 23.9 Å². The van der Waals surface area contributed by atoms with E-state index in [9.17, 15) is 4.79 Å². The van der Waals surface area contributed by atoms with Crippen LogP contribution in [0.4, 0.5) is 5.00 Å². The topological polar surface area (TPSA) is 80.9 Å². The molecule has 1 fully saturated rings. The predicted molar refractivity (Wildman–Crippen MR) is 61.2 cm³/mol. The van der Waals surface area contributed by atoms with Crippen molar-refractivity contribution in [3.8, 4) is 0 Å². The Hall–Kier alpha value is -0.880. The van der Waals surface area contributed by atoms with Crippen LogP contribution in [-0.4, -0.2) is 22.0 Å². The molecule has 0 bridgehead atoms. The minimum Gasteiger partial charge on any atom is -0.387 e. The number of nitrogens with two attached hydrogens (primary N) is 1. The Bertz CT molecular complexity index is 363. The van der Waals surface area contributed by atoms with E-state index in [2.05, 4.69) is 21.8 Å². The molecular weight excluding hydrogens is 236 g/mol. The van der Waals surface area contributed by atoms with E-state index in [1.165, 1.54) is 12.8 Å². The number of aromatic nitrogens is 2. The van der Waals surface area contributed by atoms with Gasteiger partial charge in [-0.3, -0.25) is 4.79 Å². The second kappa shape index (κ2) is 4.32. The van der Waals surface area contributed by atoms with Crippen LogP contribution in [-0.2, 0) is 0 Å². The van der Waals surface area contributed by atoms with Crippen LogP contribution < -0.4 is 11.1 Å². The first-order valence-corrected chi connectivity index (χ1v) is 5.24. The number of halogens is 1. The minimum atomic E-state index is -0.218. The third-order valence-electron chi connectivity index (χ3n) is 2.51. The van der Waals surface area contributed by atoms with Crippen LogP contribution in [0, 0.1) is 5.41 Å². The molecule has 0 aromatic carbocycles. The zero-order valence-electron chi connectivity index (χ0n) is 8.32. The molecule has 0 unspecified atom stereocenters. The van der Waals surface area contributed by atoms with Gasteiger partial charge < -0.3 is 11.1 Å². The highest BCUT2D eigenvalue weighted by Crippen LogP contribution is 2.44. The lowest BCUT2D eigenvalue weighted by Gasteiger charge is -2.08. The number of hydrogen-bond donors (Lipinski definition) is 2. The van der Waals surface area contributed by atoms with Gasteiger partial charge in [0, 0.05) is 18.1 Å². The number of amides is 1. The first-order chi connectivity index (χ1) is 6.61. The lowest BCUT2D eigenvalue weighted by atomic mass is 10.1. The van der Waals surface area contributed by atoms with E-state index >= 15 is 0 Å². The normalized spacial score (nSPS) is 16.6. The molecule has 1 aromatic heterocycles. The number of hydrogen-bond acceptors (Lipinski definition) is 5. The van der Waals surface area contributed by atoms with Crippen molar-refractivity contribution in [3.05, 3.63) is 5.69 Å². The molecule has 15 heavy (non-hydrogen) atoms. The summed E-state index contributed by atoms with van der Waals surface area (Å²) in [6.07, 6.45) is 2.36. The third-order valence-corrected chi connectivity index (χ3v) is 3.06. The lowest BCUT2D eigenvalue weighted by Crippen LogP contribution is -2.29. The van der Waals surface area contributed by atoms with Crippen molar-refractivity contribution in [1.82, 2.24) is 14.9 Å². The van der Waals surface area contributed by atoms with Gasteiger partial charge in [-0.15, -0.1) is 17.5 Å². The highest BCUT2D eigenvalue weighted by Gasteiger charge is 2.37. The summed E-state index contributed by atoms with van der Waals surface area (Å²) in [7, 11) is 0. The summed E-state index contributed by atoms with van der Waals surface area (Å²) >= 11 is 1.04. The van der Waals surface area contributed by atoms with Gasteiger partial charge in [0.1, 0.15) is 5.00 Å². The maximum atomic E-state index is 11.5. The summed E-state index contributed by atoms with van der Waals surface area (Å²) in [5.74, 6) is -0.218. The molecule has 5 nitrogen and oxygen atoms in total. The number of rotatable bonds is 3. The van der Waals surface area contributed by atoms with Crippen LogP contribution in [0.5, 0.6) is 0 Å². The number of nitrogens with zero attached hydrogens (tertiary/aromatic N) is 2. The highest BCUT2D eigenvalue weighted by molar-refractivity contribution is 7.10. The molecule has 1 heterocycles. The molecule has 1 saturated carbocycles. The highest BCUT2D eigenvalue weighted by atomic mass is 35.5. The van der Waals surface area contributed by atoms with Crippen molar-refractivity contribution in [2.24, 2.45) is 5.41 Å². The second-order valence-corrected chi connectivity index (χ2v) is 4.76. The van der Waals surface area contributed by atoms with Crippen molar-refractivity contribution in [1.29, 1.82) is 0 Å². The zero-order chi connectivity index (χ0) is 10.2. The molecule has 0 saturated heterocycles. The third kappa shape index (κ3) is 2.79. The molecule has 84 valence electrons. The van der Waals surface area contributed by atoms with E-state index < -0.39 is 0 Å². The quantitative estimate of drug-likeness (QED) is 0.839. The minimum absolute atomic E-state index is 0. The monoisotopic (exact) mass is 248 g/mol. The first kappa shape index (κ1) is 12.2. The Morgan fingerprint density at radius 1 is 1.67 bits per heavy atom. The van der Waals surface area contributed by atoms with Crippen LogP contribution in [0.15, 0.2) is 0 Å². The average molecular weight is 249 g/mol. The van der Waals surface area contributed by atoms with Gasteiger partial charge in [0.2, 0.25) is 0 Å². The Morgan fingerprint density at radius 2 is 2.33 bits per heavy atom. The zero-order valence-corrected chi connectivity index (χ0v) is 9.95. The lowest BCUT2D eigenvalue weighted by molar-refractivity contribution is 0.0942. The fraction of sp³-hybridized carbons (Fsp3) is 0.625. The van der Waals surface area contributed by atoms with Gasteiger partial charge in [-0.25, -0.2) is 0 Å². The fourth-order valence-electron chi connectivity index (χ4n) is 1.12. The van der Waals surface area contributed by atoms with E-state index in [4.69, 9.17) is 5.73 Å². The Balaban J connectivity index is 0.00000112. The standard InChI is InChI=1S/C8H12N4OS.ClH/c1-8(2-3-8)4-10-7(13)5-6(9)14-12-11-5;/h2-4,9H2,1H3,(H,10,13);1H. The van der Waals surface area contributed by atoms with Crippen molar-refractivity contribution in [2.45, 2.75) is 19.8 Å². The largest absolute Gasteiger partial charge is 0.387 e. The molecule has 7 heteroatoms. The molecule has 0 spiro atoms. The van der Waals surface area contributed by atoms with Crippen LogP contribution in [0.2, 0.25) is 0 Å². The molecule has 1 aliphatic carbocycles. The van der Waals surface area contributed by atoms with E-state index in [1.54, 1.807) is 0 Å². The van der Waals surface area contributed by atoms with E-state index in [0.717, 1.165) is 11.5 Å². The molecule has 0 atom stereocenters. The van der Waals surface area contributed by atoms with E-state index in [1.807, 2.05) is 0 Å². The van der Waals surface area contributed by atoms with Crippen molar-refractivity contribution < 1.29 is 4.79 Å². The number of carbonyl (C=O) groups excluding carboxylic acids is 1. The summed E-state index contributed by atoms with van der Waals surface area (Å²) in [4.78, 5) is 11.5. The smallest absolute Gasteiger partial charge is 0.274 e.